The van der Waals surface area contributed by atoms with Crippen molar-refractivity contribution in [2.75, 3.05) is 73.6 Å². The van der Waals surface area contributed by atoms with Crippen LogP contribution in [0.15, 0.2) is 35.9 Å². The van der Waals surface area contributed by atoms with Crippen LogP contribution in [0, 0.1) is 34.5 Å². The molecule has 2 heterocycles. The number of carbonyl (C=O) groups is 2. The summed E-state index contributed by atoms with van der Waals surface area (Å²) in [6.07, 6.45) is 12.7. The number of allylic oxidation sites excluding steroid dienone is 4. The molecule has 0 aromatic carbocycles. The van der Waals surface area contributed by atoms with Crippen molar-refractivity contribution in [1.82, 2.24) is 9.88 Å². The number of carbonyl (C=O) groups excluding carboxylic acids is 2. The Morgan fingerprint density at radius 3 is 2.31 bits per heavy atom. The normalized spacial score (nSPS) is 32.9. The largest absolute Gasteiger partial charge is 0.372 e. The van der Waals surface area contributed by atoms with Gasteiger partial charge in [0, 0.05) is 81.5 Å². The lowest BCUT2D eigenvalue weighted by atomic mass is 9.47. The van der Waals surface area contributed by atoms with E-state index in [1.165, 1.54) is 30.5 Å². The Labute approximate surface area is 272 Å². The van der Waals surface area contributed by atoms with Crippen LogP contribution >= 0.6 is 0 Å². The molecule has 0 radical (unpaired) electrons. The van der Waals surface area contributed by atoms with E-state index in [1.807, 2.05) is 12.2 Å². The summed E-state index contributed by atoms with van der Waals surface area (Å²) in [5.41, 5.74) is 2.73. The van der Waals surface area contributed by atoms with Crippen LogP contribution in [0.4, 0.5) is 17.3 Å². The van der Waals surface area contributed by atoms with Crippen LogP contribution in [0.2, 0.25) is 0 Å². The quantitative estimate of drug-likeness (QED) is 0.302. The van der Waals surface area contributed by atoms with E-state index in [1.54, 1.807) is 0 Å². The maximum atomic E-state index is 14.0. The molecular formula is C38H57N5O2. The zero-order valence-electron chi connectivity index (χ0n) is 28.9. The molecule has 4 fully saturated rings. The van der Waals surface area contributed by atoms with Crippen LogP contribution in [0.1, 0.15) is 80.1 Å². The van der Waals surface area contributed by atoms with E-state index >= 15 is 0 Å². The standard InChI is InChI=1S/C38H57N5O2/c1-7-41(8-2)28-24-35(42(9-3)10-4)39-36(25-28)43-21-19-40(20-22-43)26-34(45)33-14-13-31-30-12-11-27-23-29(44)15-17-37(27,5)32(30)16-18-38(31,33)6/h15,17,23-25,30-33H,7-14,16,18-22,26H2,1-6H3/t30-,31-,32-,33+,37-,38-/m0/s1. The van der Waals surface area contributed by atoms with E-state index in [2.05, 4.69) is 79.4 Å². The Morgan fingerprint density at radius 1 is 0.911 bits per heavy atom. The van der Waals surface area contributed by atoms with Gasteiger partial charge in [0.25, 0.3) is 0 Å². The highest BCUT2D eigenvalue weighted by Gasteiger charge is 2.59. The van der Waals surface area contributed by atoms with E-state index < -0.39 is 0 Å². The van der Waals surface area contributed by atoms with Crippen LogP contribution in [-0.2, 0) is 9.59 Å². The molecule has 0 N–H and O–H groups in total. The molecule has 1 aromatic heterocycles. The third-order valence-corrected chi connectivity index (χ3v) is 13.0. The molecule has 1 aliphatic heterocycles. The number of hydrogen-bond acceptors (Lipinski definition) is 7. The molecule has 6 atom stereocenters. The van der Waals surface area contributed by atoms with Gasteiger partial charge in [0.2, 0.25) is 0 Å². The van der Waals surface area contributed by atoms with Gasteiger partial charge in [-0.05, 0) is 102 Å². The first kappa shape index (κ1) is 32.3. The van der Waals surface area contributed by atoms with Crippen molar-refractivity contribution in [3.63, 3.8) is 0 Å². The average Bonchev–Trinajstić information content (AvgIpc) is 3.40. The number of fused-ring (bicyclic) bond motifs is 5. The average molecular weight is 616 g/mol. The van der Waals surface area contributed by atoms with Gasteiger partial charge in [0.15, 0.2) is 5.78 Å². The molecule has 7 heteroatoms. The van der Waals surface area contributed by atoms with Gasteiger partial charge in [-0.25, -0.2) is 4.98 Å². The predicted molar refractivity (Wildman–Crippen MR) is 185 cm³/mol. The Hall–Kier alpha value is -2.67. The first-order chi connectivity index (χ1) is 21.6. The highest BCUT2D eigenvalue weighted by Crippen LogP contribution is 2.66. The third kappa shape index (κ3) is 5.76. The minimum Gasteiger partial charge on any atom is -0.372 e. The number of Topliss-reactive ketones (excluding diaryl/α,β-unsaturated/α-hetero) is 1. The van der Waals surface area contributed by atoms with Crippen molar-refractivity contribution >= 4 is 28.9 Å². The summed E-state index contributed by atoms with van der Waals surface area (Å²) < 4.78 is 0. The maximum absolute atomic E-state index is 14.0. The number of ketones is 2. The van der Waals surface area contributed by atoms with Crippen LogP contribution in [-0.4, -0.2) is 80.4 Å². The van der Waals surface area contributed by atoms with Gasteiger partial charge in [0.1, 0.15) is 17.4 Å². The van der Waals surface area contributed by atoms with E-state index in [9.17, 15) is 9.59 Å². The monoisotopic (exact) mass is 615 g/mol. The summed E-state index contributed by atoms with van der Waals surface area (Å²) in [6.45, 7) is 21.7. The van der Waals surface area contributed by atoms with Crippen LogP contribution < -0.4 is 14.7 Å². The molecule has 0 amide bonds. The molecule has 4 aliphatic carbocycles. The predicted octanol–water partition coefficient (Wildman–Crippen LogP) is 6.39. The number of rotatable bonds is 10. The smallest absolute Gasteiger partial charge is 0.178 e. The number of nitrogens with zero attached hydrogens (tertiary/aromatic N) is 5. The Kier molecular flexibility index (Phi) is 9.22. The molecule has 1 saturated heterocycles. The Morgan fingerprint density at radius 2 is 1.62 bits per heavy atom. The minimum absolute atomic E-state index is 0.0196. The lowest BCUT2D eigenvalue weighted by Gasteiger charge is -2.57. The first-order valence-electron chi connectivity index (χ1n) is 18.1. The fourth-order valence-corrected chi connectivity index (χ4v) is 10.3. The summed E-state index contributed by atoms with van der Waals surface area (Å²) in [5.74, 6) is 4.80. The van der Waals surface area contributed by atoms with Crippen molar-refractivity contribution in [2.45, 2.75) is 80.1 Å². The van der Waals surface area contributed by atoms with Crippen LogP contribution in [0.5, 0.6) is 0 Å². The number of hydrogen-bond donors (Lipinski definition) is 0. The number of piperazine rings is 1. The van der Waals surface area contributed by atoms with Crippen molar-refractivity contribution in [2.24, 2.45) is 34.5 Å². The second kappa shape index (κ2) is 12.8. The summed E-state index contributed by atoms with van der Waals surface area (Å²) >= 11 is 0. The molecule has 7 nitrogen and oxygen atoms in total. The van der Waals surface area contributed by atoms with Gasteiger partial charge in [-0.2, -0.15) is 0 Å². The van der Waals surface area contributed by atoms with Crippen LogP contribution in [0.3, 0.4) is 0 Å². The fraction of sp³-hybridized carbons (Fsp3) is 0.711. The zero-order chi connectivity index (χ0) is 31.9. The van der Waals surface area contributed by atoms with Crippen LogP contribution in [0.25, 0.3) is 0 Å². The van der Waals surface area contributed by atoms with E-state index in [0.29, 0.717) is 30.1 Å². The van der Waals surface area contributed by atoms with Gasteiger partial charge in [0.05, 0.1) is 6.54 Å². The third-order valence-electron chi connectivity index (χ3n) is 13.0. The molecule has 45 heavy (non-hydrogen) atoms. The molecule has 1 aromatic rings. The van der Waals surface area contributed by atoms with Gasteiger partial charge < -0.3 is 14.7 Å². The lowest BCUT2D eigenvalue weighted by Crippen LogP contribution is -2.52. The lowest BCUT2D eigenvalue weighted by molar-refractivity contribution is -0.130. The molecular weight excluding hydrogens is 558 g/mol. The molecule has 0 spiro atoms. The van der Waals surface area contributed by atoms with Crippen molar-refractivity contribution in [1.29, 1.82) is 0 Å². The maximum Gasteiger partial charge on any atom is 0.178 e. The van der Waals surface area contributed by atoms with E-state index in [-0.39, 0.29) is 22.5 Å². The van der Waals surface area contributed by atoms with Gasteiger partial charge in [-0.1, -0.05) is 25.5 Å². The topological polar surface area (TPSA) is 60.0 Å². The molecule has 0 bridgehead atoms. The zero-order valence-corrected chi connectivity index (χ0v) is 28.9. The second-order valence-corrected chi connectivity index (χ2v) is 14.9. The van der Waals surface area contributed by atoms with E-state index in [4.69, 9.17) is 4.98 Å². The highest BCUT2D eigenvalue weighted by molar-refractivity contribution is 6.01. The van der Waals surface area contributed by atoms with Crippen molar-refractivity contribution < 1.29 is 9.59 Å². The van der Waals surface area contributed by atoms with Crippen molar-refractivity contribution in [3.05, 3.63) is 35.9 Å². The number of pyridine rings is 1. The summed E-state index contributed by atoms with van der Waals surface area (Å²) in [6, 6.07) is 4.51. The van der Waals surface area contributed by atoms with Gasteiger partial charge >= 0.3 is 0 Å². The molecule has 3 saturated carbocycles. The van der Waals surface area contributed by atoms with Gasteiger partial charge in [-0.15, -0.1) is 0 Å². The highest BCUT2D eigenvalue weighted by atomic mass is 16.1. The molecule has 5 aliphatic rings. The number of anilines is 3. The minimum atomic E-state index is 0.0196. The molecule has 6 rings (SSSR count). The second-order valence-electron chi connectivity index (χ2n) is 14.9. The molecule has 0 unspecified atom stereocenters. The summed E-state index contributed by atoms with van der Waals surface area (Å²) in [5, 5.41) is 0. The van der Waals surface area contributed by atoms with Gasteiger partial charge in [-0.3, -0.25) is 14.5 Å². The fourth-order valence-electron chi connectivity index (χ4n) is 10.3. The SMILES string of the molecule is CCN(CC)c1cc(N(CC)CC)nc(N2CCN(CC(=O)[C@H]3CC[C@H]4[C@@H]5CCC6=CC(=O)C=C[C@]6(C)[C@H]5CC[C@]34C)CC2)c1. The Bertz CT molecular complexity index is 1290. The Balaban J connectivity index is 1.10. The summed E-state index contributed by atoms with van der Waals surface area (Å²) in [4.78, 5) is 40.9. The molecule has 246 valence electrons. The van der Waals surface area contributed by atoms with E-state index in [0.717, 1.165) is 83.3 Å². The van der Waals surface area contributed by atoms with Crippen molar-refractivity contribution in [3.8, 4) is 0 Å². The first-order valence-corrected chi connectivity index (χ1v) is 18.1. The summed E-state index contributed by atoms with van der Waals surface area (Å²) in [7, 11) is 0. The number of aromatic nitrogens is 1.